The lowest BCUT2D eigenvalue weighted by Gasteiger charge is -2.32. The van der Waals surface area contributed by atoms with Crippen molar-refractivity contribution in [1.82, 2.24) is 14.5 Å². The van der Waals surface area contributed by atoms with E-state index in [2.05, 4.69) is 40.7 Å². The van der Waals surface area contributed by atoms with Crippen molar-refractivity contribution >= 4 is 16.9 Å². The number of rotatable bonds is 8. The van der Waals surface area contributed by atoms with E-state index < -0.39 is 0 Å². The van der Waals surface area contributed by atoms with Crippen molar-refractivity contribution < 1.29 is 4.79 Å². The predicted octanol–water partition coefficient (Wildman–Crippen LogP) is 3.31. The van der Waals surface area contributed by atoms with Crippen molar-refractivity contribution in [2.75, 3.05) is 13.1 Å². The number of aromatic nitrogens is 2. The van der Waals surface area contributed by atoms with Gasteiger partial charge in [0.15, 0.2) is 0 Å². The molecule has 0 bridgehead atoms. The second-order valence-corrected chi connectivity index (χ2v) is 7.27. The van der Waals surface area contributed by atoms with Gasteiger partial charge in [0.1, 0.15) is 5.82 Å². The molecule has 1 saturated heterocycles. The van der Waals surface area contributed by atoms with Gasteiger partial charge in [0.25, 0.3) is 0 Å². The number of nitrogens with two attached hydrogens (primary N) is 1. The highest BCUT2D eigenvalue weighted by Crippen LogP contribution is 2.24. The van der Waals surface area contributed by atoms with Crippen LogP contribution in [0, 0.1) is 5.92 Å². The number of fused-ring (bicyclic) bond motifs is 1. The number of benzene rings is 1. The molecule has 1 aliphatic heterocycles. The largest absolute Gasteiger partial charge is 0.370 e. The van der Waals surface area contributed by atoms with Gasteiger partial charge in [0.2, 0.25) is 5.91 Å². The zero-order valence-corrected chi connectivity index (χ0v) is 15.3. The first kappa shape index (κ1) is 17.9. The van der Waals surface area contributed by atoms with Crippen LogP contribution >= 0.6 is 0 Å². The third kappa shape index (κ3) is 4.60. The molecule has 3 rings (SSSR count). The highest BCUT2D eigenvalue weighted by Gasteiger charge is 2.22. The van der Waals surface area contributed by atoms with Gasteiger partial charge in [-0.05, 0) is 50.3 Å². The maximum atomic E-state index is 11.1. The van der Waals surface area contributed by atoms with Gasteiger partial charge in [-0.3, -0.25) is 9.69 Å². The molecule has 1 aromatic carbocycles. The van der Waals surface area contributed by atoms with Gasteiger partial charge in [-0.15, -0.1) is 0 Å². The highest BCUT2D eigenvalue weighted by atomic mass is 16.1. The molecule has 2 aromatic rings. The van der Waals surface area contributed by atoms with Crippen LogP contribution in [-0.2, 0) is 17.9 Å². The summed E-state index contributed by atoms with van der Waals surface area (Å²) >= 11 is 0. The normalized spacial score (nSPS) is 18.7. The second kappa shape index (κ2) is 8.48. The van der Waals surface area contributed by atoms with Crippen LogP contribution in [0.3, 0.4) is 0 Å². The van der Waals surface area contributed by atoms with E-state index in [-0.39, 0.29) is 5.91 Å². The molecule has 136 valence electrons. The molecule has 1 atom stereocenters. The van der Waals surface area contributed by atoms with Crippen LogP contribution in [0.15, 0.2) is 24.3 Å². The summed E-state index contributed by atoms with van der Waals surface area (Å²) in [6, 6.07) is 8.43. The molecular weight excluding hydrogens is 312 g/mol. The lowest BCUT2D eigenvalue weighted by molar-refractivity contribution is -0.118. The fourth-order valence-electron chi connectivity index (χ4n) is 3.89. The van der Waals surface area contributed by atoms with E-state index in [1.54, 1.807) is 0 Å². The predicted molar refractivity (Wildman–Crippen MR) is 101 cm³/mol. The van der Waals surface area contributed by atoms with Crippen LogP contribution in [0.2, 0.25) is 0 Å². The summed E-state index contributed by atoms with van der Waals surface area (Å²) in [6.45, 7) is 6.32. The summed E-state index contributed by atoms with van der Waals surface area (Å²) in [5.74, 6) is 1.57. The Kier molecular flexibility index (Phi) is 6.08. The number of hydrogen-bond donors (Lipinski definition) is 1. The first-order valence-corrected chi connectivity index (χ1v) is 9.62. The smallest absolute Gasteiger partial charge is 0.217 e. The molecule has 25 heavy (non-hydrogen) atoms. The van der Waals surface area contributed by atoms with E-state index >= 15 is 0 Å². The maximum Gasteiger partial charge on any atom is 0.217 e. The Hall–Kier alpha value is -1.88. The molecule has 5 nitrogen and oxygen atoms in total. The Bertz CT molecular complexity index is 709. The van der Waals surface area contributed by atoms with Crippen LogP contribution in [0.5, 0.6) is 0 Å². The Labute approximate surface area is 150 Å². The number of imidazole rings is 1. The minimum atomic E-state index is -0.182. The number of para-hydroxylation sites is 2. The molecule has 1 amide bonds. The van der Waals surface area contributed by atoms with Crippen molar-refractivity contribution in [1.29, 1.82) is 0 Å². The minimum absolute atomic E-state index is 0.182. The van der Waals surface area contributed by atoms with Gasteiger partial charge in [-0.1, -0.05) is 25.5 Å². The number of aryl methyl sites for hydroxylation is 1. The van der Waals surface area contributed by atoms with Crippen molar-refractivity contribution in [2.45, 2.75) is 58.5 Å². The SMILES string of the molecule is CCCCn1c(CN2CCC[C@H](CCC(N)=O)C2)nc2ccccc21. The summed E-state index contributed by atoms with van der Waals surface area (Å²) in [5, 5.41) is 0. The molecule has 0 radical (unpaired) electrons. The lowest BCUT2D eigenvalue weighted by Crippen LogP contribution is -2.36. The standard InChI is InChI=1S/C20H30N4O/c1-2-3-13-24-18-9-5-4-8-17(18)22-20(24)15-23-12-6-7-16(14-23)10-11-19(21)25/h4-5,8-9,16H,2-3,6-7,10-15H2,1H3,(H2,21,25)/t16-/m1/s1. The number of piperidine rings is 1. The minimum Gasteiger partial charge on any atom is -0.370 e. The zero-order chi connectivity index (χ0) is 17.6. The number of carbonyl (C=O) groups excluding carboxylic acids is 1. The van der Waals surface area contributed by atoms with Crippen molar-refractivity contribution in [3.8, 4) is 0 Å². The zero-order valence-electron chi connectivity index (χ0n) is 15.3. The van der Waals surface area contributed by atoms with E-state index in [9.17, 15) is 4.79 Å². The molecule has 0 saturated carbocycles. The Morgan fingerprint density at radius 3 is 3.00 bits per heavy atom. The quantitative estimate of drug-likeness (QED) is 0.800. The average molecular weight is 342 g/mol. The van der Waals surface area contributed by atoms with E-state index in [1.807, 2.05) is 0 Å². The lowest BCUT2D eigenvalue weighted by atomic mass is 9.93. The number of likely N-dealkylation sites (tertiary alicyclic amines) is 1. The molecular formula is C20H30N4O. The number of unbranched alkanes of at least 4 members (excludes halogenated alkanes) is 1. The third-order valence-corrected chi connectivity index (χ3v) is 5.24. The van der Waals surface area contributed by atoms with E-state index in [0.29, 0.717) is 12.3 Å². The van der Waals surface area contributed by atoms with Gasteiger partial charge in [-0.25, -0.2) is 4.98 Å². The Morgan fingerprint density at radius 1 is 1.36 bits per heavy atom. The fraction of sp³-hybridized carbons (Fsp3) is 0.600. The number of amides is 1. The van der Waals surface area contributed by atoms with Gasteiger partial charge >= 0.3 is 0 Å². The van der Waals surface area contributed by atoms with Gasteiger partial charge in [-0.2, -0.15) is 0 Å². The maximum absolute atomic E-state index is 11.1. The van der Waals surface area contributed by atoms with E-state index in [0.717, 1.165) is 38.1 Å². The molecule has 2 N–H and O–H groups in total. The van der Waals surface area contributed by atoms with Gasteiger partial charge in [0, 0.05) is 19.5 Å². The third-order valence-electron chi connectivity index (χ3n) is 5.24. The summed E-state index contributed by atoms with van der Waals surface area (Å²) in [6.07, 6.45) is 6.18. The molecule has 1 fully saturated rings. The van der Waals surface area contributed by atoms with Crippen LogP contribution in [0.1, 0.15) is 51.3 Å². The first-order chi connectivity index (χ1) is 12.2. The molecule has 0 spiro atoms. The van der Waals surface area contributed by atoms with Crippen molar-refractivity contribution in [2.24, 2.45) is 11.7 Å². The average Bonchev–Trinajstić information content (AvgIpc) is 2.95. The molecule has 2 heterocycles. The van der Waals surface area contributed by atoms with Crippen LogP contribution in [0.4, 0.5) is 0 Å². The molecule has 0 aliphatic carbocycles. The van der Waals surface area contributed by atoms with Crippen molar-refractivity contribution in [3.05, 3.63) is 30.1 Å². The van der Waals surface area contributed by atoms with Crippen molar-refractivity contribution in [3.63, 3.8) is 0 Å². The fourth-order valence-corrected chi connectivity index (χ4v) is 3.89. The number of hydrogen-bond acceptors (Lipinski definition) is 3. The number of nitrogens with zero attached hydrogens (tertiary/aromatic N) is 3. The molecule has 5 heteroatoms. The summed E-state index contributed by atoms with van der Waals surface area (Å²) in [4.78, 5) is 18.5. The summed E-state index contributed by atoms with van der Waals surface area (Å²) in [5.41, 5.74) is 7.65. The molecule has 1 aromatic heterocycles. The molecule has 1 aliphatic rings. The first-order valence-electron chi connectivity index (χ1n) is 9.62. The molecule has 0 unspecified atom stereocenters. The second-order valence-electron chi connectivity index (χ2n) is 7.27. The Morgan fingerprint density at radius 2 is 2.20 bits per heavy atom. The summed E-state index contributed by atoms with van der Waals surface area (Å²) < 4.78 is 2.39. The van der Waals surface area contributed by atoms with Crippen LogP contribution < -0.4 is 5.73 Å². The monoisotopic (exact) mass is 342 g/mol. The number of carbonyl (C=O) groups is 1. The van der Waals surface area contributed by atoms with E-state index in [4.69, 9.17) is 10.7 Å². The van der Waals surface area contributed by atoms with Crippen LogP contribution in [-0.4, -0.2) is 33.4 Å². The van der Waals surface area contributed by atoms with Gasteiger partial charge in [0.05, 0.1) is 17.6 Å². The highest BCUT2D eigenvalue weighted by molar-refractivity contribution is 5.75. The number of primary amides is 1. The van der Waals surface area contributed by atoms with Gasteiger partial charge < -0.3 is 10.3 Å². The van der Waals surface area contributed by atoms with Crippen LogP contribution in [0.25, 0.3) is 11.0 Å². The Balaban J connectivity index is 1.72. The summed E-state index contributed by atoms with van der Waals surface area (Å²) in [7, 11) is 0. The topological polar surface area (TPSA) is 64.2 Å². The van der Waals surface area contributed by atoms with E-state index in [1.165, 1.54) is 37.0 Å².